The smallest absolute Gasteiger partial charge is 0.230 e. The molecule has 1 amide bonds. The Morgan fingerprint density at radius 3 is 2.58 bits per heavy atom. The minimum Gasteiger partial charge on any atom is -0.353 e. The molecule has 6 heteroatoms. The van der Waals surface area contributed by atoms with Crippen molar-refractivity contribution >= 4 is 41.7 Å². The number of amides is 1. The summed E-state index contributed by atoms with van der Waals surface area (Å²) in [7, 11) is 0. The molecule has 1 saturated heterocycles. The molecule has 1 heterocycles. The molecule has 2 rings (SSSR count). The highest BCUT2D eigenvalue weighted by Crippen LogP contribution is 2.20. The summed E-state index contributed by atoms with van der Waals surface area (Å²) >= 11 is 7.35. The van der Waals surface area contributed by atoms with Crippen LogP contribution in [0.2, 0.25) is 5.02 Å². The third-order valence-corrected chi connectivity index (χ3v) is 4.15. The fourth-order valence-electron chi connectivity index (χ4n) is 1.92. The van der Waals surface area contributed by atoms with E-state index >= 15 is 0 Å². The van der Waals surface area contributed by atoms with Crippen LogP contribution in [-0.2, 0) is 4.79 Å². The first kappa shape index (κ1) is 16.6. The molecule has 0 atom stereocenters. The van der Waals surface area contributed by atoms with Gasteiger partial charge in [-0.3, -0.25) is 4.79 Å². The molecule has 1 aliphatic rings. The molecular formula is C13H18Cl2N2OS. The number of hydrogen-bond donors (Lipinski definition) is 2. The Hall–Kier alpha value is -0.420. The Kier molecular flexibility index (Phi) is 7.61. The van der Waals surface area contributed by atoms with E-state index in [1.165, 1.54) is 11.8 Å². The van der Waals surface area contributed by atoms with E-state index in [2.05, 4.69) is 10.6 Å². The molecule has 1 aromatic carbocycles. The monoisotopic (exact) mass is 320 g/mol. The van der Waals surface area contributed by atoms with Crippen LogP contribution in [0.15, 0.2) is 29.2 Å². The molecule has 19 heavy (non-hydrogen) atoms. The minimum atomic E-state index is 0. The molecule has 1 aromatic rings. The number of benzene rings is 1. The van der Waals surface area contributed by atoms with Crippen LogP contribution in [0.5, 0.6) is 0 Å². The minimum absolute atomic E-state index is 0. The maximum Gasteiger partial charge on any atom is 0.230 e. The maximum absolute atomic E-state index is 11.8. The molecule has 0 bridgehead atoms. The first-order valence-electron chi connectivity index (χ1n) is 6.12. The molecule has 0 aliphatic carbocycles. The van der Waals surface area contributed by atoms with Crippen molar-refractivity contribution in [2.24, 2.45) is 0 Å². The lowest BCUT2D eigenvalue weighted by atomic mass is 10.1. The number of thioether (sulfide) groups is 1. The molecule has 106 valence electrons. The molecule has 0 unspecified atom stereocenters. The van der Waals surface area contributed by atoms with Crippen molar-refractivity contribution < 1.29 is 4.79 Å². The highest BCUT2D eigenvalue weighted by atomic mass is 35.5. The Labute approximate surface area is 129 Å². The van der Waals surface area contributed by atoms with E-state index in [-0.39, 0.29) is 18.3 Å². The van der Waals surface area contributed by atoms with Gasteiger partial charge < -0.3 is 10.6 Å². The molecule has 2 N–H and O–H groups in total. The lowest BCUT2D eigenvalue weighted by Gasteiger charge is -2.23. The van der Waals surface area contributed by atoms with Crippen molar-refractivity contribution in [1.29, 1.82) is 0 Å². The van der Waals surface area contributed by atoms with Gasteiger partial charge in [0.2, 0.25) is 5.91 Å². The molecule has 0 radical (unpaired) electrons. The molecule has 1 aliphatic heterocycles. The molecule has 0 saturated carbocycles. The second-order valence-electron chi connectivity index (χ2n) is 4.33. The number of rotatable bonds is 4. The van der Waals surface area contributed by atoms with Gasteiger partial charge in [0.15, 0.2) is 0 Å². The standard InChI is InChI=1S/C13H17ClN2OS.ClH/c14-10-1-3-12(4-2-10)18-9-13(17)16-11-5-7-15-8-6-11;/h1-4,11,15H,5-9H2,(H,16,17);1H. The zero-order valence-corrected chi connectivity index (χ0v) is 12.9. The van der Waals surface area contributed by atoms with Crippen molar-refractivity contribution in [3.8, 4) is 0 Å². The summed E-state index contributed by atoms with van der Waals surface area (Å²) in [5.74, 6) is 0.577. The van der Waals surface area contributed by atoms with Gasteiger partial charge >= 0.3 is 0 Å². The highest BCUT2D eigenvalue weighted by Gasteiger charge is 2.15. The number of piperidine rings is 1. The van der Waals surface area contributed by atoms with Gasteiger partial charge in [-0.2, -0.15) is 0 Å². The van der Waals surface area contributed by atoms with E-state index in [1.54, 1.807) is 0 Å². The number of hydrogen-bond acceptors (Lipinski definition) is 3. The van der Waals surface area contributed by atoms with Gasteiger partial charge in [-0.15, -0.1) is 24.2 Å². The molecule has 1 fully saturated rings. The lowest BCUT2D eigenvalue weighted by Crippen LogP contribution is -2.43. The van der Waals surface area contributed by atoms with Gasteiger partial charge in [0.25, 0.3) is 0 Å². The van der Waals surface area contributed by atoms with Crippen molar-refractivity contribution in [3.63, 3.8) is 0 Å². The van der Waals surface area contributed by atoms with E-state index in [0.717, 1.165) is 35.8 Å². The summed E-state index contributed by atoms with van der Waals surface area (Å²) in [6.07, 6.45) is 2.05. The van der Waals surface area contributed by atoms with Crippen molar-refractivity contribution in [2.45, 2.75) is 23.8 Å². The van der Waals surface area contributed by atoms with Crippen molar-refractivity contribution in [3.05, 3.63) is 29.3 Å². The number of halogens is 2. The van der Waals surface area contributed by atoms with E-state index in [4.69, 9.17) is 11.6 Å². The predicted octanol–water partition coefficient (Wildman–Crippen LogP) is 2.72. The third-order valence-electron chi connectivity index (χ3n) is 2.89. The summed E-state index contributed by atoms with van der Waals surface area (Å²) in [4.78, 5) is 12.8. The number of carbonyl (C=O) groups excluding carboxylic acids is 1. The van der Waals surface area contributed by atoms with Crippen LogP contribution in [0.3, 0.4) is 0 Å². The summed E-state index contributed by atoms with van der Waals surface area (Å²) in [5, 5.41) is 7.08. The van der Waals surface area contributed by atoms with E-state index < -0.39 is 0 Å². The summed E-state index contributed by atoms with van der Waals surface area (Å²) in [5.41, 5.74) is 0. The summed E-state index contributed by atoms with van der Waals surface area (Å²) < 4.78 is 0. The number of carbonyl (C=O) groups is 1. The van der Waals surface area contributed by atoms with Gasteiger partial charge in [-0.25, -0.2) is 0 Å². The van der Waals surface area contributed by atoms with Crippen LogP contribution >= 0.6 is 35.8 Å². The summed E-state index contributed by atoms with van der Waals surface area (Å²) in [6, 6.07) is 7.89. The molecule has 0 aromatic heterocycles. The normalized spacial score (nSPS) is 15.6. The van der Waals surface area contributed by atoms with Gasteiger partial charge in [0.05, 0.1) is 5.75 Å². The quantitative estimate of drug-likeness (QED) is 0.838. The summed E-state index contributed by atoms with van der Waals surface area (Å²) in [6.45, 7) is 1.99. The van der Waals surface area contributed by atoms with Crippen LogP contribution in [-0.4, -0.2) is 30.8 Å². The fourth-order valence-corrected chi connectivity index (χ4v) is 2.75. The van der Waals surface area contributed by atoms with Gasteiger partial charge in [-0.1, -0.05) is 11.6 Å². The van der Waals surface area contributed by atoms with Crippen LogP contribution in [0.1, 0.15) is 12.8 Å². The topological polar surface area (TPSA) is 41.1 Å². The number of nitrogens with one attached hydrogen (secondary N) is 2. The van der Waals surface area contributed by atoms with Crippen LogP contribution in [0.4, 0.5) is 0 Å². The van der Waals surface area contributed by atoms with E-state index in [9.17, 15) is 4.79 Å². The average molecular weight is 321 g/mol. The van der Waals surface area contributed by atoms with Gasteiger partial charge in [0, 0.05) is 16.0 Å². The Bertz CT molecular complexity index is 394. The first-order valence-corrected chi connectivity index (χ1v) is 7.49. The van der Waals surface area contributed by atoms with Crippen LogP contribution in [0.25, 0.3) is 0 Å². The van der Waals surface area contributed by atoms with Gasteiger partial charge in [0.1, 0.15) is 0 Å². The largest absolute Gasteiger partial charge is 0.353 e. The Balaban J connectivity index is 0.00000180. The van der Waals surface area contributed by atoms with Crippen LogP contribution in [0, 0.1) is 0 Å². The second kappa shape index (κ2) is 8.69. The van der Waals surface area contributed by atoms with Crippen LogP contribution < -0.4 is 10.6 Å². The lowest BCUT2D eigenvalue weighted by molar-refractivity contribution is -0.119. The van der Waals surface area contributed by atoms with Crippen molar-refractivity contribution in [1.82, 2.24) is 10.6 Å². The molecule has 0 spiro atoms. The Morgan fingerprint density at radius 2 is 1.95 bits per heavy atom. The Morgan fingerprint density at radius 1 is 1.32 bits per heavy atom. The van der Waals surface area contributed by atoms with Gasteiger partial charge in [-0.05, 0) is 50.2 Å². The molecule has 3 nitrogen and oxygen atoms in total. The fraction of sp³-hybridized carbons (Fsp3) is 0.462. The first-order chi connectivity index (χ1) is 8.74. The highest BCUT2D eigenvalue weighted by molar-refractivity contribution is 8.00. The predicted molar refractivity (Wildman–Crippen MR) is 83.5 cm³/mol. The zero-order valence-electron chi connectivity index (χ0n) is 10.5. The third kappa shape index (κ3) is 6.04. The maximum atomic E-state index is 11.8. The van der Waals surface area contributed by atoms with E-state index in [0.29, 0.717) is 11.8 Å². The SMILES string of the molecule is Cl.O=C(CSc1ccc(Cl)cc1)NC1CCNCC1. The second-order valence-corrected chi connectivity index (χ2v) is 5.82. The zero-order chi connectivity index (χ0) is 12.8. The van der Waals surface area contributed by atoms with E-state index in [1.807, 2.05) is 24.3 Å². The average Bonchev–Trinajstić information content (AvgIpc) is 2.39. The van der Waals surface area contributed by atoms with Crippen molar-refractivity contribution in [2.75, 3.05) is 18.8 Å². The molecular weight excluding hydrogens is 303 g/mol.